The summed E-state index contributed by atoms with van der Waals surface area (Å²) >= 11 is 8.34. The lowest BCUT2D eigenvalue weighted by Crippen LogP contribution is -2.43. The highest BCUT2D eigenvalue weighted by atomic mass is 79.9. The van der Waals surface area contributed by atoms with Crippen LogP contribution >= 0.6 is 28.1 Å². The fraction of sp³-hybridized carbons (Fsp3) is 0. The zero-order chi connectivity index (χ0) is 17.7. The number of nitrogens with one attached hydrogen (secondary N) is 3. The van der Waals surface area contributed by atoms with Crippen molar-refractivity contribution in [3.05, 3.63) is 58.6 Å². The minimum absolute atomic E-state index is 0.00541. The fourth-order valence-electron chi connectivity index (χ4n) is 1.72. The van der Waals surface area contributed by atoms with Crippen LogP contribution in [0.5, 0.6) is 0 Å². The number of hydrazine groups is 1. The number of carbonyl (C=O) groups excluding carboxylic acids is 1. The van der Waals surface area contributed by atoms with Crippen molar-refractivity contribution in [2.75, 3.05) is 5.32 Å². The third-order valence-electron chi connectivity index (χ3n) is 2.85. The molecule has 0 unspecified atom stereocenters. The van der Waals surface area contributed by atoms with Gasteiger partial charge in [-0.25, -0.2) is 13.6 Å². The van der Waals surface area contributed by atoms with Gasteiger partial charge in [-0.2, -0.15) is 0 Å². The summed E-state index contributed by atoms with van der Waals surface area (Å²) in [5.41, 5.74) is 6.00. The predicted octanol–water partition coefficient (Wildman–Crippen LogP) is 1.73. The third-order valence-corrected chi connectivity index (χ3v) is 4.67. The average Bonchev–Trinajstić information content (AvgIpc) is 2.53. The Morgan fingerprint density at radius 2 is 1.67 bits per heavy atom. The second-order valence-corrected chi connectivity index (χ2v) is 7.41. The first-order valence-electron chi connectivity index (χ1n) is 6.52. The van der Waals surface area contributed by atoms with Gasteiger partial charge in [-0.3, -0.25) is 15.6 Å². The quantitative estimate of drug-likeness (QED) is 0.437. The van der Waals surface area contributed by atoms with Gasteiger partial charge in [0.15, 0.2) is 5.11 Å². The topological polar surface area (TPSA) is 113 Å². The Morgan fingerprint density at radius 1 is 1.04 bits per heavy atom. The molecule has 0 fully saturated rings. The van der Waals surface area contributed by atoms with Crippen LogP contribution in [0.4, 0.5) is 5.69 Å². The summed E-state index contributed by atoms with van der Waals surface area (Å²) in [6.07, 6.45) is 0. The Balaban J connectivity index is 1.92. The maximum Gasteiger partial charge on any atom is 0.270 e. The van der Waals surface area contributed by atoms with E-state index < -0.39 is 10.0 Å². The van der Waals surface area contributed by atoms with E-state index in [1.165, 1.54) is 24.3 Å². The molecule has 0 aromatic heterocycles. The summed E-state index contributed by atoms with van der Waals surface area (Å²) in [5, 5.41) is 7.96. The van der Waals surface area contributed by atoms with Gasteiger partial charge < -0.3 is 5.32 Å². The van der Waals surface area contributed by atoms with E-state index in [2.05, 4.69) is 32.1 Å². The Kier molecular flexibility index (Phi) is 5.89. The highest BCUT2D eigenvalue weighted by Gasteiger charge is 2.10. The Labute approximate surface area is 152 Å². The fourth-order valence-corrected chi connectivity index (χ4v) is 2.87. The molecule has 0 atom stereocenters. The molecule has 0 heterocycles. The number of carbonyl (C=O) groups is 1. The number of halogens is 1. The molecule has 0 aliphatic heterocycles. The molecule has 0 aliphatic rings. The first-order valence-corrected chi connectivity index (χ1v) is 9.27. The molecular weight excluding hydrogens is 416 g/mol. The van der Waals surface area contributed by atoms with Gasteiger partial charge >= 0.3 is 0 Å². The lowest BCUT2D eigenvalue weighted by Gasteiger charge is -2.12. The van der Waals surface area contributed by atoms with Gasteiger partial charge in [0.05, 0.1) is 10.5 Å². The molecule has 0 saturated heterocycles. The second kappa shape index (κ2) is 7.71. The number of hydrogen-bond donors (Lipinski definition) is 4. The van der Waals surface area contributed by atoms with E-state index in [9.17, 15) is 13.2 Å². The van der Waals surface area contributed by atoms with E-state index in [1.807, 2.05) is 0 Å². The minimum atomic E-state index is -3.74. The summed E-state index contributed by atoms with van der Waals surface area (Å²) in [7, 11) is -3.74. The van der Waals surface area contributed by atoms with Gasteiger partial charge in [0.25, 0.3) is 5.91 Å². The molecular formula is C14H13BrN4O3S2. The number of nitrogens with two attached hydrogens (primary N) is 1. The van der Waals surface area contributed by atoms with E-state index in [0.717, 1.165) is 0 Å². The number of benzene rings is 2. The van der Waals surface area contributed by atoms with Crippen LogP contribution in [0.3, 0.4) is 0 Å². The van der Waals surface area contributed by atoms with Crippen molar-refractivity contribution in [2.45, 2.75) is 4.90 Å². The van der Waals surface area contributed by atoms with Gasteiger partial charge in [0.2, 0.25) is 10.0 Å². The molecule has 126 valence electrons. The van der Waals surface area contributed by atoms with Crippen LogP contribution in [-0.4, -0.2) is 19.4 Å². The zero-order valence-corrected chi connectivity index (χ0v) is 15.3. The molecule has 5 N–H and O–H groups in total. The molecule has 10 heteroatoms. The number of amides is 1. The monoisotopic (exact) mass is 428 g/mol. The van der Waals surface area contributed by atoms with Gasteiger partial charge in [0, 0.05) is 10.2 Å². The minimum Gasteiger partial charge on any atom is -0.331 e. The molecule has 2 rings (SSSR count). The molecule has 0 aliphatic carbocycles. The first-order chi connectivity index (χ1) is 11.3. The number of hydrogen-bond acceptors (Lipinski definition) is 4. The molecule has 7 nitrogen and oxygen atoms in total. The number of anilines is 1. The van der Waals surface area contributed by atoms with E-state index in [0.29, 0.717) is 15.7 Å². The molecule has 2 aromatic carbocycles. The summed E-state index contributed by atoms with van der Waals surface area (Å²) < 4.78 is 23.0. The normalized spacial score (nSPS) is 10.8. The van der Waals surface area contributed by atoms with Gasteiger partial charge in [-0.15, -0.1) is 0 Å². The molecule has 0 spiro atoms. The Morgan fingerprint density at radius 3 is 2.25 bits per heavy atom. The standard InChI is InChI=1S/C14H13BrN4O3S2/c15-12-4-2-1-3-11(12)13(20)18-19-14(23)17-9-5-7-10(8-6-9)24(16,21)22/h1-8H,(H,18,20)(H2,16,21,22)(H2,17,19,23). The Hall–Kier alpha value is -2.01. The number of rotatable bonds is 3. The molecule has 0 bridgehead atoms. The van der Waals surface area contributed by atoms with E-state index >= 15 is 0 Å². The molecule has 24 heavy (non-hydrogen) atoms. The van der Waals surface area contributed by atoms with E-state index in [1.54, 1.807) is 24.3 Å². The molecule has 1 amide bonds. The molecule has 0 radical (unpaired) electrons. The van der Waals surface area contributed by atoms with Gasteiger partial charge in [-0.1, -0.05) is 12.1 Å². The SMILES string of the molecule is NS(=O)(=O)c1ccc(NC(=S)NNC(=O)c2ccccc2Br)cc1. The van der Waals surface area contributed by atoms with Crippen LogP contribution in [0.25, 0.3) is 0 Å². The van der Waals surface area contributed by atoms with Crippen molar-refractivity contribution in [1.29, 1.82) is 0 Å². The highest BCUT2D eigenvalue weighted by Crippen LogP contribution is 2.15. The predicted molar refractivity (Wildman–Crippen MR) is 98.8 cm³/mol. The van der Waals surface area contributed by atoms with Crippen molar-refractivity contribution in [2.24, 2.45) is 5.14 Å². The van der Waals surface area contributed by atoms with Crippen molar-refractivity contribution >= 4 is 54.9 Å². The number of primary sulfonamides is 1. The third kappa shape index (κ3) is 4.99. The van der Waals surface area contributed by atoms with Gasteiger partial charge in [0.1, 0.15) is 0 Å². The highest BCUT2D eigenvalue weighted by molar-refractivity contribution is 9.10. The van der Waals surface area contributed by atoms with Crippen LogP contribution < -0.4 is 21.3 Å². The summed E-state index contributed by atoms with van der Waals surface area (Å²) in [5.74, 6) is -0.365. The smallest absolute Gasteiger partial charge is 0.270 e. The Bertz CT molecular complexity index is 870. The lowest BCUT2D eigenvalue weighted by molar-refractivity contribution is 0.0943. The number of thiocarbonyl (C=S) groups is 1. The van der Waals surface area contributed by atoms with Crippen LogP contribution in [0.15, 0.2) is 57.9 Å². The summed E-state index contributed by atoms with van der Waals surface area (Å²) in [4.78, 5) is 12.0. The van der Waals surface area contributed by atoms with Gasteiger partial charge in [-0.05, 0) is 64.5 Å². The second-order valence-electron chi connectivity index (χ2n) is 4.58. The average molecular weight is 429 g/mol. The molecule has 2 aromatic rings. The largest absolute Gasteiger partial charge is 0.331 e. The van der Waals surface area contributed by atoms with Crippen molar-refractivity contribution in [3.8, 4) is 0 Å². The first kappa shape index (κ1) is 18.3. The maximum atomic E-state index is 12.0. The maximum absolute atomic E-state index is 12.0. The van der Waals surface area contributed by atoms with Crippen LogP contribution in [0.1, 0.15) is 10.4 Å². The van der Waals surface area contributed by atoms with Crippen LogP contribution in [-0.2, 0) is 10.0 Å². The zero-order valence-electron chi connectivity index (χ0n) is 12.1. The van der Waals surface area contributed by atoms with Crippen LogP contribution in [0.2, 0.25) is 0 Å². The number of sulfonamides is 1. The van der Waals surface area contributed by atoms with Crippen molar-refractivity contribution in [1.82, 2.24) is 10.9 Å². The van der Waals surface area contributed by atoms with E-state index in [-0.39, 0.29) is 15.9 Å². The van der Waals surface area contributed by atoms with Crippen molar-refractivity contribution in [3.63, 3.8) is 0 Å². The van der Waals surface area contributed by atoms with E-state index in [4.69, 9.17) is 17.4 Å². The molecule has 0 saturated carbocycles. The lowest BCUT2D eigenvalue weighted by atomic mass is 10.2. The van der Waals surface area contributed by atoms with Crippen molar-refractivity contribution < 1.29 is 13.2 Å². The summed E-state index contributed by atoms with van der Waals surface area (Å²) in [6, 6.07) is 12.6. The van der Waals surface area contributed by atoms with Crippen LogP contribution in [0, 0.1) is 0 Å². The summed E-state index contributed by atoms with van der Waals surface area (Å²) in [6.45, 7) is 0.